The Morgan fingerprint density at radius 3 is 2.55 bits per heavy atom. The fourth-order valence-electron chi connectivity index (χ4n) is 2.78. The summed E-state index contributed by atoms with van der Waals surface area (Å²) in [6.07, 6.45) is -5.44. The Hall–Kier alpha value is -1.72. The molecule has 1 aliphatic rings. The molecule has 0 N–H and O–H groups in total. The number of halogens is 3. The summed E-state index contributed by atoms with van der Waals surface area (Å²) in [4.78, 5) is 13.4. The van der Waals surface area contributed by atoms with Gasteiger partial charge < -0.3 is 9.64 Å². The van der Waals surface area contributed by atoms with Gasteiger partial charge in [-0.15, -0.1) is 0 Å². The number of nitrogens with zero attached hydrogens (tertiary/aromatic N) is 1. The third kappa shape index (κ3) is 4.15. The lowest BCUT2D eigenvalue weighted by Crippen LogP contribution is -2.43. The van der Waals surface area contributed by atoms with E-state index in [1.54, 1.807) is 26.0 Å². The van der Waals surface area contributed by atoms with Crippen molar-refractivity contribution in [1.82, 2.24) is 4.90 Å². The van der Waals surface area contributed by atoms with Crippen molar-refractivity contribution in [3.8, 4) is 0 Å². The van der Waals surface area contributed by atoms with Crippen LogP contribution in [0.3, 0.4) is 0 Å². The molecule has 0 radical (unpaired) electrons. The number of likely N-dealkylation sites (tertiary alicyclic amines) is 1. The van der Waals surface area contributed by atoms with Gasteiger partial charge in [0.05, 0.1) is 6.42 Å². The Morgan fingerprint density at radius 2 is 1.95 bits per heavy atom. The van der Waals surface area contributed by atoms with Crippen LogP contribution in [-0.4, -0.2) is 29.8 Å². The number of amides is 1. The van der Waals surface area contributed by atoms with Crippen LogP contribution in [0.5, 0.6) is 0 Å². The van der Waals surface area contributed by atoms with Crippen LogP contribution >= 0.6 is 0 Å². The summed E-state index contributed by atoms with van der Waals surface area (Å²) in [5.41, 5.74) is 0.239. The molecule has 0 aliphatic carbocycles. The summed E-state index contributed by atoms with van der Waals surface area (Å²) < 4.78 is 43.4. The molecule has 1 fully saturated rings. The van der Waals surface area contributed by atoms with E-state index < -0.39 is 30.1 Å². The van der Waals surface area contributed by atoms with Gasteiger partial charge in [-0.05, 0) is 17.4 Å². The molecule has 1 unspecified atom stereocenters. The number of hydrogen-bond donors (Lipinski definition) is 0. The molecule has 3 nitrogen and oxygen atoms in total. The first-order chi connectivity index (χ1) is 10.2. The van der Waals surface area contributed by atoms with Crippen molar-refractivity contribution in [3.05, 3.63) is 35.9 Å². The zero-order chi connectivity index (χ0) is 16.4. The molecule has 0 aromatic heterocycles. The van der Waals surface area contributed by atoms with E-state index in [1.807, 2.05) is 18.2 Å². The van der Waals surface area contributed by atoms with Crippen LogP contribution in [-0.2, 0) is 11.3 Å². The van der Waals surface area contributed by atoms with Crippen LogP contribution in [0.25, 0.3) is 0 Å². The zero-order valence-corrected chi connectivity index (χ0v) is 12.7. The minimum atomic E-state index is -4.30. The van der Waals surface area contributed by atoms with Crippen LogP contribution in [0, 0.1) is 5.41 Å². The van der Waals surface area contributed by atoms with Gasteiger partial charge in [-0.1, -0.05) is 44.2 Å². The lowest BCUT2D eigenvalue weighted by Gasteiger charge is -2.32. The predicted octanol–water partition coefficient (Wildman–Crippen LogP) is 4.38. The first-order valence-electron chi connectivity index (χ1n) is 7.23. The average molecular weight is 315 g/mol. The minimum absolute atomic E-state index is 0.0648. The monoisotopic (exact) mass is 315 g/mol. The number of ether oxygens (including phenoxy) is 1. The molecule has 1 heterocycles. The first kappa shape index (κ1) is 16.6. The highest BCUT2D eigenvalue weighted by Crippen LogP contribution is 2.41. The van der Waals surface area contributed by atoms with E-state index in [2.05, 4.69) is 0 Å². The molecule has 1 amide bonds. The summed E-state index contributed by atoms with van der Waals surface area (Å²) in [6.45, 7) is 3.87. The molecule has 1 aromatic carbocycles. The summed E-state index contributed by atoms with van der Waals surface area (Å²) >= 11 is 0. The largest absolute Gasteiger partial charge is 0.445 e. The number of rotatable bonds is 3. The van der Waals surface area contributed by atoms with Crippen LogP contribution < -0.4 is 0 Å². The molecule has 1 saturated heterocycles. The second-order valence-electron chi connectivity index (χ2n) is 6.31. The van der Waals surface area contributed by atoms with Crippen molar-refractivity contribution < 1.29 is 22.7 Å². The Bertz CT molecular complexity index is 514. The van der Waals surface area contributed by atoms with E-state index in [9.17, 15) is 18.0 Å². The van der Waals surface area contributed by atoms with E-state index in [0.29, 0.717) is 13.0 Å². The van der Waals surface area contributed by atoms with E-state index in [1.165, 1.54) is 4.90 Å². The van der Waals surface area contributed by atoms with Gasteiger partial charge in [0.1, 0.15) is 6.61 Å². The van der Waals surface area contributed by atoms with E-state index >= 15 is 0 Å². The van der Waals surface area contributed by atoms with Crippen LogP contribution in [0.4, 0.5) is 18.0 Å². The lowest BCUT2D eigenvalue weighted by molar-refractivity contribution is -0.149. The number of alkyl halides is 3. The van der Waals surface area contributed by atoms with Crippen molar-refractivity contribution >= 4 is 6.09 Å². The number of hydrogen-bond acceptors (Lipinski definition) is 2. The first-order valence-corrected chi connectivity index (χ1v) is 7.23. The third-order valence-electron chi connectivity index (χ3n) is 4.14. The van der Waals surface area contributed by atoms with Gasteiger partial charge in [0.15, 0.2) is 0 Å². The van der Waals surface area contributed by atoms with Gasteiger partial charge >= 0.3 is 12.3 Å². The summed E-state index contributed by atoms with van der Waals surface area (Å²) in [5, 5.41) is 0. The van der Waals surface area contributed by atoms with Crippen molar-refractivity contribution in [3.63, 3.8) is 0 Å². The van der Waals surface area contributed by atoms with Crippen molar-refractivity contribution in [2.24, 2.45) is 5.41 Å². The van der Waals surface area contributed by atoms with E-state index in [0.717, 1.165) is 5.56 Å². The summed E-state index contributed by atoms with van der Waals surface area (Å²) in [6, 6.07) is 8.19. The molecule has 1 aliphatic heterocycles. The zero-order valence-electron chi connectivity index (χ0n) is 12.7. The molecule has 0 spiro atoms. The van der Waals surface area contributed by atoms with Crippen LogP contribution in [0.15, 0.2) is 30.3 Å². The standard InChI is InChI=1S/C16H20F3NO2/c1-15(2)8-9-20(13(15)10-16(17,18)19)14(21)22-11-12-6-4-3-5-7-12/h3-7,13H,8-11H2,1-2H3. The molecule has 122 valence electrons. The van der Waals surface area contributed by atoms with Crippen LogP contribution in [0.2, 0.25) is 0 Å². The molecule has 1 aromatic rings. The molecule has 0 saturated carbocycles. The Labute approximate surface area is 128 Å². The van der Waals surface area contributed by atoms with Gasteiger partial charge in [-0.25, -0.2) is 4.79 Å². The van der Waals surface area contributed by atoms with Crippen molar-refractivity contribution in [1.29, 1.82) is 0 Å². The maximum Gasteiger partial charge on any atom is 0.410 e. The van der Waals surface area contributed by atoms with Gasteiger partial charge in [0.25, 0.3) is 0 Å². The number of benzene rings is 1. The third-order valence-corrected chi connectivity index (χ3v) is 4.14. The number of carbonyl (C=O) groups is 1. The Kier molecular flexibility index (Phi) is 4.68. The molecular formula is C16H20F3NO2. The quantitative estimate of drug-likeness (QED) is 0.828. The van der Waals surface area contributed by atoms with E-state index in [4.69, 9.17) is 4.74 Å². The molecule has 2 rings (SSSR count). The second-order valence-corrected chi connectivity index (χ2v) is 6.31. The molecular weight excluding hydrogens is 295 g/mol. The predicted molar refractivity (Wildman–Crippen MR) is 76.2 cm³/mol. The molecule has 22 heavy (non-hydrogen) atoms. The van der Waals surface area contributed by atoms with Gasteiger partial charge in [-0.3, -0.25) is 0 Å². The van der Waals surface area contributed by atoms with Gasteiger partial charge in [-0.2, -0.15) is 13.2 Å². The SMILES string of the molecule is CC1(C)CCN(C(=O)OCc2ccccc2)C1CC(F)(F)F. The molecule has 0 bridgehead atoms. The molecule has 1 atom stereocenters. The van der Waals surface area contributed by atoms with E-state index in [-0.39, 0.29) is 6.61 Å². The smallest absolute Gasteiger partial charge is 0.410 e. The topological polar surface area (TPSA) is 29.5 Å². The summed E-state index contributed by atoms with van der Waals surface area (Å²) in [5.74, 6) is 0. The Balaban J connectivity index is 2.01. The maximum atomic E-state index is 12.8. The Morgan fingerprint density at radius 1 is 1.32 bits per heavy atom. The number of carbonyl (C=O) groups excluding carboxylic acids is 1. The van der Waals surface area contributed by atoms with Crippen molar-refractivity contribution in [2.45, 2.75) is 45.5 Å². The normalized spacial score (nSPS) is 21.0. The highest BCUT2D eigenvalue weighted by molar-refractivity contribution is 5.68. The highest BCUT2D eigenvalue weighted by Gasteiger charge is 2.48. The second kappa shape index (κ2) is 6.18. The molecule has 6 heteroatoms. The fraction of sp³-hybridized carbons (Fsp3) is 0.562. The maximum absolute atomic E-state index is 12.8. The lowest BCUT2D eigenvalue weighted by atomic mass is 9.83. The van der Waals surface area contributed by atoms with Gasteiger partial charge in [0, 0.05) is 12.6 Å². The minimum Gasteiger partial charge on any atom is -0.445 e. The van der Waals surface area contributed by atoms with Crippen molar-refractivity contribution in [2.75, 3.05) is 6.54 Å². The average Bonchev–Trinajstić information content (AvgIpc) is 2.71. The van der Waals surface area contributed by atoms with Gasteiger partial charge in [0.2, 0.25) is 0 Å². The highest BCUT2D eigenvalue weighted by atomic mass is 19.4. The summed E-state index contributed by atoms with van der Waals surface area (Å²) in [7, 11) is 0. The van der Waals surface area contributed by atoms with Crippen LogP contribution in [0.1, 0.15) is 32.3 Å². The fourth-order valence-corrected chi connectivity index (χ4v) is 2.78.